The zero-order valence-corrected chi connectivity index (χ0v) is 18.3. The maximum Gasteiger partial charge on any atom is 0.315 e. The Morgan fingerprint density at radius 2 is 1.77 bits per heavy atom. The first-order chi connectivity index (χ1) is 15.0. The molecule has 31 heavy (non-hydrogen) atoms. The molecule has 0 saturated carbocycles. The van der Waals surface area contributed by atoms with Crippen LogP contribution >= 0.6 is 23.1 Å². The molecule has 0 bridgehead atoms. The van der Waals surface area contributed by atoms with E-state index >= 15 is 0 Å². The van der Waals surface area contributed by atoms with Gasteiger partial charge in [-0.1, -0.05) is 18.2 Å². The van der Waals surface area contributed by atoms with Crippen molar-refractivity contribution in [2.24, 2.45) is 0 Å². The molecule has 8 heteroatoms. The maximum absolute atomic E-state index is 12.9. The number of hydrogen-bond donors (Lipinski definition) is 2. The van der Waals surface area contributed by atoms with Gasteiger partial charge in [-0.25, -0.2) is 0 Å². The number of nitrogens with one attached hydrogen (secondary N) is 2. The van der Waals surface area contributed by atoms with E-state index in [4.69, 9.17) is 0 Å². The van der Waals surface area contributed by atoms with Gasteiger partial charge < -0.3 is 15.4 Å². The first-order valence-corrected chi connectivity index (χ1v) is 11.2. The normalized spacial score (nSPS) is 10.9. The van der Waals surface area contributed by atoms with Crippen molar-refractivity contribution in [3.63, 3.8) is 0 Å². The second-order valence-corrected chi connectivity index (χ2v) is 8.11. The molecule has 2 amide bonds. The molecule has 2 aromatic carbocycles. The van der Waals surface area contributed by atoms with E-state index < -0.39 is 5.91 Å². The molecule has 0 spiro atoms. The van der Waals surface area contributed by atoms with Gasteiger partial charge in [0.15, 0.2) is 0 Å². The van der Waals surface area contributed by atoms with Crippen molar-refractivity contribution < 1.29 is 19.1 Å². The van der Waals surface area contributed by atoms with E-state index in [-0.39, 0.29) is 23.3 Å². The standard InChI is InChI=1S/C23H20N2O4S2/c1-29-21(26)15-31-19-9-7-18(8-10-19)24-23(28)20(13-16-11-12-30-14-16)25-22(27)17-5-3-2-4-6-17/h2-14H,15H2,1H3,(H,24,28)(H,25,27)/b20-13-. The Kier molecular flexibility index (Phi) is 8.03. The molecule has 0 aliphatic carbocycles. The summed E-state index contributed by atoms with van der Waals surface area (Å²) in [5.74, 6) is -0.904. The molecule has 1 heterocycles. The minimum atomic E-state index is -0.439. The second-order valence-electron chi connectivity index (χ2n) is 6.28. The summed E-state index contributed by atoms with van der Waals surface area (Å²) in [7, 11) is 1.35. The van der Waals surface area contributed by atoms with Gasteiger partial charge in [0, 0.05) is 16.1 Å². The van der Waals surface area contributed by atoms with Gasteiger partial charge in [0.1, 0.15) is 5.70 Å². The van der Waals surface area contributed by atoms with E-state index in [0.717, 1.165) is 10.5 Å². The Balaban J connectivity index is 1.71. The SMILES string of the molecule is COC(=O)CSc1ccc(NC(=O)/C(=C/c2ccsc2)NC(=O)c2ccccc2)cc1. The Morgan fingerprint density at radius 1 is 1.03 bits per heavy atom. The number of methoxy groups -OCH3 is 1. The highest BCUT2D eigenvalue weighted by molar-refractivity contribution is 8.00. The fraction of sp³-hybridized carbons (Fsp3) is 0.0870. The number of esters is 1. The average Bonchev–Trinajstić information content (AvgIpc) is 3.31. The number of amides is 2. The van der Waals surface area contributed by atoms with Crippen LogP contribution in [0, 0.1) is 0 Å². The first-order valence-electron chi connectivity index (χ1n) is 9.26. The number of anilines is 1. The number of benzene rings is 2. The summed E-state index contributed by atoms with van der Waals surface area (Å²) in [5.41, 5.74) is 1.98. The molecule has 0 atom stereocenters. The van der Waals surface area contributed by atoms with Crippen molar-refractivity contribution in [3.8, 4) is 0 Å². The van der Waals surface area contributed by atoms with Crippen LogP contribution in [0.5, 0.6) is 0 Å². The summed E-state index contributed by atoms with van der Waals surface area (Å²) in [6.45, 7) is 0. The highest BCUT2D eigenvalue weighted by Crippen LogP contribution is 2.21. The lowest BCUT2D eigenvalue weighted by Crippen LogP contribution is -2.30. The minimum Gasteiger partial charge on any atom is -0.468 e. The summed E-state index contributed by atoms with van der Waals surface area (Å²) < 4.78 is 4.62. The molecule has 0 unspecified atom stereocenters. The topological polar surface area (TPSA) is 84.5 Å². The van der Waals surface area contributed by atoms with E-state index in [1.807, 2.05) is 22.9 Å². The second kappa shape index (κ2) is 11.1. The molecule has 6 nitrogen and oxygen atoms in total. The van der Waals surface area contributed by atoms with E-state index in [9.17, 15) is 14.4 Å². The van der Waals surface area contributed by atoms with E-state index in [1.165, 1.54) is 30.2 Å². The van der Waals surface area contributed by atoms with Crippen LogP contribution in [-0.4, -0.2) is 30.6 Å². The fourth-order valence-electron chi connectivity index (χ4n) is 2.50. The average molecular weight is 453 g/mol. The van der Waals surface area contributed by atoms with Crippen LogP contribution in [0.4, 0.5) is 5.69 Å². The van der Waals surface area contributed by atoms with Crippen molar-refractivity contribution in [2.45, 2.75) is 4.90 Å². The van der Waals surface area contributed by atoms with E-state index in [2.05, 4.69) is 15.4 Å². The summed E-state index contributed by atoms with van der Waals surface area (Å²) in [6.07, 6.45) is 1.63. The summed E-state index contributed by atoms with van der Waals surface area (Å²) in [5, 5.41) is 9.27. The number of hydrogen-bond acceptors (Lipinski definition) is 6. The highest BCUT2D eigenvalue weighted by atomic mass is 32.2. The number of rotatable bonds is 8. The number of carbonyl (C=O) groups is 3. The van der Waals surface area contributed by atoms with Crippen LogP contribution in [0.2, 0.25) is 0 Å². The predicted molar refractivity (Wildman–Crippen MR) is 124 cm³/mol. The first kappa shape index (κ1) is 22.3. The lowest BCUT2D eigenvalue weighted by Gasteiger charge is -2.11. The van der Waals surface area contributed by atoms with E-state index in [0.29, 0.717) is 11.3 Å². The molecule has 2 N–H and O–H groups in total. The molecule has 158 valence electrons. The van der Waals surface area contributed by atoms with Crippen molar-refractivity contribution in [1.29, 1.82) is 0 Å². The molecule has 3 aromatic rings. The Bertz CT molecular complexity index is 1060. The monoisotopic (exact) mass is 452 g/mol. The molecule has 0 aliphatic heterocycles. The lowest BCUT2D eigenvalue weighted by atomic mass is 10.2. The van der Waals surface area contributed by atoms with Gasteiger partial charge in [-0.05, 0) is 64.9 Å². The lowest BCUT2D eigenvalue weighted by molar-refractivity contribution is -0.137. The number of carbonyl (C=O) groups excluding carboxylic acids is 3. The van der Waals surface area contributed by atoms with Crippen LogP contribution in [0.3, 0.4) is 0 Å². The number of ether oxygens (including phenoxy) is 1. The van der Waals surface area contributed by atoms with Gasteiger partial charge in [0.25, 0.3) is 11.8 Å². The maximum atomic E-state index is 12.9. The van der Waals surface area contributed by atoms with Crippen LogP contribution in [0.1, 0.15) is 15.9 Å². The predicted octanol–water partition coefficient (Wildman–Crippen LogP) is 4.42. The van der Waals surface area contributed by atoms with Crippen LogP contribution in [0.25, 0.3) is 6.08 Å². The highest BCUT2D eigenvalue weighted by Gasteiger charge is 2.15. The summed E-state index contributed by atoms with van der Waals surface area (Å²) in [4.78, 5) is 37.6. The van der Waals surface area contributed by atoms with Gasteiger partial charge in [-0.2, -0.15) is 11.3 Å². The summed E-state index contributed by atoms with van der Waals surface area (Å²) in [6, 6.07) is 17.6. The van der Waals surface area contributed by atoms with Crippen molar-refractivity contribution in [2.75, 3.05) is 18.2 Å². The van der Waals surface area contributed by atoms with Gasteiger partial charge in [-0.15, -0.1) is 11.8 Å². The van der Waals surface area contributed by atoms with Crippen molar-refractivity contribution in [3.05, 3.63) is 88.2 Å². The van der Waals surface area contributed by atoms with Gasteiger partial charge in [0.05, 0.1) is 12.9 Å². The Hall–Kier alpha value is -3.36. The minimum absolute atomic E-state index is 0.136. The Morgan fingerprint density at radius 3 is 2.42 bits per heavy atom. The van der Waals surface area contributed by atoms with Gasteiger partial charge in [-0.3, -0.25) is 14.4 Å². The summed E-state index contributed by atoms with van der Waals surface area (Å²) >= 11 is 2.84. The molecule has 0 fully saturated rings. The molecule has 0 aliphatic rings. The largest absolute Gasteiger partial charge is 0.468 e. The molecule has 3 rings (SSSR count). The molecule has 1 aromatic heterocycles. The van der Waals surface area contributed by atoms with Crippen molar-refractivity contribution >= 4 is 52.6 Å². The quantitative estimate of drug-likeness (QED) is 0.300. The smallest absolute Gasteiger partial charge is 0.315 e. The third-order valence-electron chi connectivity index (χ3n) is 4.08. The number of thioether (sulfide) groups is 1. The molecule has 0 saturated heterocycles. The zero-order chi connectivity index (χ0) is 22.1. The third-order valence-corrected chi connectivity index (χ3v) is 5.77. The van der Waals surface area contributed by atoms with Crippen molar-refractivity contribution in [1.82, 2.24) is 5.32 Å². The number of thiophene rings is 1. The van der Waals surface area contributed by atoms with Crippen LogP contribution in [0.15, 0.2) is 82.0 Å². The molecular weight excluding hydrogens is 432 g/mol. The Labute approximate surface area is 188 Å². The fourth-order valence-corrected chi connectivity index (χ4v) is 3.85. The van der Waals surface area contributed by atoms with E-state index in [1.54, 1.807) is 54.6 Å². The van der Waals surface area contributed by atoms with Gasteiger partial charge >= 0.3 is 5.97 Å². The zero-order valence-electron chi connectivity index (χ0n) is 16.7. The van der Waals surface area contributed by atoms with Gasteiger partial charge in [0.2, 0.25) is 0 Å². The third kappa shape index (κ3) is 6.84. The molecule has 0 radical (unpaired) electrons. The van der Waals surface area contributed by atoms with Crippen LogP contribution in [-0.2, 0) is 14.3 Å². The van der Waals surface area contributed by atoms with Crippen LogP contribution < -0.4 is 10.6 Å². The molecular formula is C23H20N2O4S2.